The molecule has 5 atom stereocenters. The molecule has 188 valence electrons. The van der Waals surface area contributed by atoms with Crippen molar-refractivity contribution < 1.29 is 18.9 Å². The average molecular weight is 500 g/mol. The number of likely N-dealkylation sites (N-methyl/N-ethyl adjacent to an activating group) is 1. The number of halogens is 1. The van der Waals surface area contributed by atoms with Crippen LogP contribution in [0.3, 0.4) is 0 Å². The van der Waals surface area contributed by atoms with Gasteiger partial charge in [-0.05, 0) is 46.5 Å². The van der Waals surface area contributed by atoms with Gasteiger partial charge in [-0.15, -0.1) is 4.99 Å². The molecule has 3 unspecified atom stereocenters. The molecule has 0 saturated carbocycles. The average Bonchev–Trinajstić information content (AvgIpc) is 3.30. The Morgan fingerprint density at radius 2 is 2.14 bits per heavy atom. The lowest BCUT2D eigenvalue weighted by molar-refractivity contribution is -0.850. The van der Waals surface area contributed by atoms with Crippen molar-refractivity contribution in [3.05, 3.63) is 94.0 Å². The molecular formula is C28H26FN5O3. The maximum atomic E-state index is 14.0. The Morgan fingerprint density at radius 1 is 1.30 bits per heavy atom. The Bertz CT molecular complexity index is 1590. The number of rotatable bonds is 2. The highest BCUT2D eigenvalue weighted by atomic mass is 19.1. The predicted octanol–water partition coefficient (Wildman–Crippen LogP) is 3.69. The Labute approximate surface area is 212 Å². The van der Waals surface area contributed by atoms with Gasteiger partial charge in [0.1, 0.15) is 31.1 Å². The predicted molar refractivity (Wildman–Crippen MR) is 137 cm³/mol. The van der Waals surface area contributed by atoms with Gasteiger partial charge in [0.15, 0.2) is 0 Å². The number of hydrogen-bond acceptors (Lipinski definition) is 5. The second-order valence-electron chi connectivity index (χ2n) is 10.1. The summed E-state index contributed by atoms with van der Waals surface area (Å²) >= 11 is 0. The number of likely N-dealkylation sites (tertiary alicyclic amines) is 1. The van der Waals surface area contributed by atoms with Gasteiger partial charge in [-0.3, -0.25) is 4.57 Å². The molecule has 3 aliphatic rings. The summed E-state index contributed by atoms with van der Waals surface area (Å²) in [6.07, 6.45) is 7.47. The van der Waals surface area contributed by atoms with Crippen LogP contribution in [0.2, 0.25) is 0 Å². The first-order chi connectivity index (χ1) is 17.8. The fraction of sp³-hybridized carbons (Fsp3) is 0.286. The molecule has 0 amide bonds. The van der Waals surface area contributed by atoms with E-state index in [1.807, 2.05) is 48.7 Å². The maximum absolute atomic E-state index is 14.0. The van der Waals surface area contributed by atoms with Gasteiger partial charge in [0.2, 0.25) is 11.8 Å². The van der Waals surface area contributed by atoms with Crippen molar-refractivity contribution in [2.75, 3.05) is 20.1 Å². The fourth-order valence-electron chi connectivity index (χ4n) is 5.78. The molecule has 2 aliphatic heterocycles. The number of aliphatic hydroxyl groups is 1. The topological polar surface area (TPSA) is 109 Å². The molecule has 2 N–H and O–H groups in total. The van der Waals surface area contributed by atoms with Crippen molar-refractivity contribution in [3.8, 4) is 6.19 Å². The standard InChI is InChI=1S/C28H26FN5O3/c1-34(36)13-25(26(35)14-34)33-24-9-6-17(11-23(24)32-28(33)31-16-30)10-22-20-5-3-2-4-18(20)15-37-27-12-19(29)7-8-21(22)27/h2-12,21,25-27,35H,13-15H2,1H3,(H,31,32)/b22-10+/t21?,25-,26-,27?,34?/m0/s1. The number of imidazole rings is 1. The Balaban J connectivity index is 1.48. The van der Waals surface area contributed by atoms with Crippen LogP contribution in [-0.4, -0.2) is 51.6 Å². The molecule has 2 aromatic carbocycles. The van der Waals surface area contributed by atoms with Crippen LogP contribution >= 0.6 is 0 Å². The van der Waals surface area contributed by atoms with E-state index in [-0.39, 0.29) is 30.5 Å². The Kier molecular flexibility index (Phi) is 5.70. The largest absolute Gasteiger partial charge is 0.633 e. The second-order valence-corrected chi connectivity index (χ2v) is 10.1. The van der Waals surface area contributed by atoms with E-state index >= 15 is 0 Å². The number of H-pyrrole nitrogens is 1. The zero-order valence-electron chi connectivity index (χ0n) is 20.2. The summed E-state index contributed by atoms with van der Waals surface area (Å²) in [7, 11) is 1.53. The first-order valence-electron chi connectivity index (χ1n) is 12.2. The van der Waals surface area contributed by atoms with Gasteiger partial charge < -0.3 is 24.7 Å². The van der Waals surface area contributed by atoms with Crippen molar-refractivity contribution in [1.82, 2.24) is 9.55 Å². The highest BCUT2D eigenvalue weighted by Crippen LogP contribution is 2.39. The number of hydroxylamine groups is 3. The minimum absolute atomic E-state index is 0.0765. The number of nitrogens with one attached hydrogen (secondary N) is 1. The molecule has 0 radical (unpaired) electrons. The van der Waals surface area contributed by atoms with Crippen molar-refractivity contribution in [2.24, 2.45) is 10.9 Å². The Hall–Kier alpha value is -3.81. The summed E-state index contributed by atoms with van der Waals surface area (Å²) < 4.78 is 21.3. The summed E-state index contributed by atoms with van der Waals surface area (Å²) in [4.78, 5) is 7.12. The van der Waals surface area contributed by atoms with Gasteiger partial charge in [-0.1, -0.05) is 42.5 Å². The van der Waals surface area contributed by atoms with Gasteiger partial charge in [-0.25, -0.2) is 4.39 Å². The number of quaternary nitrogens is 1. The third kappa shape index (κ3) is 4.24. The van der Waals surface area contributed by atoms with E-state index in [0.717, 1.165) is 33.3 Å². The first kappa shape index (κ1) is 23.6. The number of allylic oxidation sites excluding steroid dienone is 2. The van der Waals surface area contributed by atoms with Gasteiger partial charge >= 0.3 is 0 Å². The quantitative estimate of drug-likeness (QED) is 0.318. The van der Waals surface area contributed by atoms with Crippen LogP contribution in [0.4, 0.5) is 4.39 Å². The minimum Gasteiger partial charge on any atom is -0.633 e. The van der Waals surface area contributed by atoms with Crippen LogP contribution in [-0.2, 0) is 11.3 Å². The molecule has 0 bridgehead atoms. The number of hydrogen-bond donors (Lipinski definition) is 2. The summed E-state index contributed by atoms with van der Waals surface area (Å²) in [6, 6.07) is 13.3. The van der Waals surface area contributed by atoms with Crippen LogP contribution in [0.1, 0.15) is 22.7 Å². The second kappa shape index (κ2) is 8.94. The number of nitrogens with zero attached hydrogens (tertiary/aromatic N) is 4. The van der Waals surface area contributed by atoms with Crippen LogP contribution < -0.4 is 5.62 Å². The van der Waals surface area contributed by atoms with E-state index in [4.69, 9.17) is 4.74 Å². The highest BCUT2D eigenvalue weighted by molar-refractivity contribution is 5.88. The number of fused-ring (bicyclic) bond motifs is 3. The molecule has 6 rings (SSSR count). The van der Waals surface area contributed by atoms with Crippen LogP contribution in [0.5, 0.6) is 0 Å². The lowest BCUT2D eigenvalue weighted by Crippen LogP contribution is -2.36. The minimum atomic E-state index is -0.855. The molecule has 3 heterocycles. The fourth-order valence-corrected chi connectivity index (χ4v) is 5.78. The van der Waals surface area contributed by atoms with Crippen molar-refractivity contribution in [2.45, 2.75) is 24.9 Å². The van der Waals surface area contributed by atoms with Crippen LogP contribution in [0, 0.1) is 22.6 Å². The third-order valence-electron chi connectivity index (χ3n) is 7.41. The zero-order chi connectivity index (χ0) is 25.7. The van der Waals surface area contributed by atoms with E-state index in [1.165, 1.54) is 19.2 Å². The molecule has 8 nitrogen and oxygen atoms in total. The molecule has 3 aromatic rings. The van der Waals surface area contributed by atoms with Gasteiger partial charge in [-0.2, -0.15) is 5.26 Å². The number of ether oxygens (including phenoxy) is 1. The molecular weight excluding hydrogens is 473 g/mol. The molecule has 1 fully saturated rings. The SMILES string of the molecule is C[N+]1([O-])C[C@H](O)[C@@H](n2/c(=N/C#N)[nH]c3cc(/C=C4\c5ccccc5COC5C=C(F)C=CC45)ccc32)C1. The van der Waals surface area contributed by atoms with E-state index in [0.29, 0.717) is 6.61 Å². The molecule has 9 heteroatoms. The van der Waals surface area contributed by atoms with Crippen LogP contribution in [0.25, 0.3) is 22.7 Å². The Morgan fingerprint density at radius 3 is 2.92 bits per heavy atom. The van der Waals surface area contributed by atoms with Gasteiger partial charge in [0.25, 0.3) is 0 Å². The summed E-state index contributed by atoms with van der Waals surface area (Å²) in [6.45, 7) is 0.643. The van der Waals surface area contributed by atoms with Crippen molar-refractivity contribution in [1.29, 1.82) is 5.26 Å². The van der Waals surface area contributed by atoms with Crippen LogP contribution in [0.15, 0.2) is 71.5 Å². The van der Waals surface area contributed by atoms with Crippen molar-refractivity contribution in [3.63, 3.8) is 0 Å². The van der Waals surface area contributed by atoms with E-state index in [9.17, 15) is 20.0 Å². The molecule has 1 aliphatic carbocycles. The van der Waals surface area contributed by atoms with Gasteiger partial charge in [0, 0.05) is 5.92 Å². The van der Waals surface area contributed by atoms with Crippen molar-refractivity contribution >= 4 is 22.7 Å². The maximum Gasteiger partial charge on any atom is 0.219 e. The number of nitriles is 1. The number of aliphatic hydroxyl groups excluding tert-OH is 1. The molecule has 0 spiro atoms. The van der Waals surface area contributed by atoms with E-state index in [2.05, 4.69) is 22.1 Å². The summed E-state index contributed by atoms with van der Waals surface area (Å²) in [5, 5.41) is 32.5. The van der Waals surface area contributed by atoms with Gasteiger partial charge in [0.05, 0.1) is 30.8 Å². The lowest BCUT2D eigenvalue weighted by atomic mass is 9.83. The first-order valence-corrected chi connectivity index (χ1v) is 12.2. The lowest BCUT2D eigenvalue weighted by Gasteiger charge is -2.33. The number of benzene rings is 2. The smallest absolute Gasteiger partial charge is 0.219 e. The zero-order valence-corrected chi connectivity index (χ0v) is 20.2. The number of aromatic amines is 1. The normalized spacial score (nSPS) is 30.6. The molecule has 37 heavy (non-hydrogen) atoms. The molecule has 1 aromatic heterocycles. The molecule has 1 saturated heterocycles. The highest BCUT2D eigenvalue weighted by Gasteiger charge is 2.39. The summed E-state index contributed by atoms with van der Waals surface area (Å²) in [5.74, 6) is -0.461. The third-order valence-corrected chi connectivity index (χ3v) is 7.41. The van der Waals surface area contributed by atoms with E-state index < -0.39 is 22.9 Å². The number of aromatic nitrogens is 2. The van der Waals surface area contributed by atoms with E-state index in [1.54, 1.807) is 4.57 Å². The monoisotopic (exact) mass is 499 g/mol. The summed E-state index contributed by atoms with van der Waals surface area (Å²) in [5.41, 5.74) is 5.76.